The Labute approximate surface area is 275 Å². The van der Waals surface area contributed by atoms with Gasteiger partial charge in [0, 0.05) is 21.1 Å². The SMILES string of the molecule is C[Si](C)(C)CCCCCCCCCCCCCCCOCCOP(=O)(O)O[C@@H]([C@H]1O[C@@H](n2cc(F)c(=O)[nH]c2=O)C[C@@H]1O)C(F)(F)F. The van der Waals surface area contributed by atoms with Gasteiger partial charge in [-0.05, 0) is 6.42 Å². The van der Waals surface area contributed by atoms with E-state index in [1.807, 2.05) is 0 Å². The molecule has 0 spiro atoms. The first-order valence-electron chi connectivity index (χ1n) is 16.6. The number of aromatic amines is 1. The van der Waals surface area contributed by atoms with E-state index in [4.69, 9.17) is 9.47 Å². The number of rotatable bonds is 24. The zero-order chi connectivity index (χ0) is 35.1. The van der Waals surface area contributed by atoms with Gasteiger partial charge < -0.3 is 19.5 Å². The van der Waals surface area contributed by atoms with Crippen molar-refractivity contribution in [2.45, 2.75) is 146 Å². The zero-order valence-corrected chi connectivity index (χ0v) is 29.7. The van der Waals surface area contributed by atoms with Crippen molar-refractivity contribution in [2.75, 3.05) is 19.8 Å². The maximum atomic E-state index is 13.8. The fourth-order valence-electron chi connectivity index (χ4n) is 5.39. The van der Waals surface area contributed by atoms with Gasteiger partial charge in [0.15, 0.2) is 6.10 Å². The van der Waals surface area contributed by atoms with Crippen LogP contribution >= 0.6 is 7.82 Å². The number of phosphoric ester groups is 1. The predicted molar refractivity (Wildman–Crippen MR) is 172 cm³/mol. The van der Waals surface area contributed by atoms with E-state index in [1.54, 1.807) is 4.98 Å². The summed E-state index contributed by atoms with van der Waals surface area (Å²) in [5.74, 6) is -1.41. The fourth-order valence-corrected chi connectivity index (χ4v) is 7.60. The van der Waals surface area contributed by atoms with Gasteiger partial charge in [-0.2, -0.15) is 17.6 Å². The number of unbranched alkanes of at least 4 members (excludes halogenated alkanes) is 12. The van der Waals surface area contributed by atoms with Crippen molar-refractivity contribution in [1.82, 2.24) is 9.55 Å². The van der Waals surface area contributed by atoms with E-state index in [9.17, 15) is 41.7 Å². The smallest absolute Gasteiger partial charge is 0.390 e. The molecule has 2 heterocycles. The number of alkyl halides is 3. The molecular weight excluding hydrogens is 667 g/mol. The van der Waals surface area contributed by atoms with Crippen LogP contribution in [-0.2, 0) is 23.1 Å². The average Bonchev–Trinajstić information content (AvgIpc) is 3.34. The number of hydrogen-bond donors (Lipinski definition) is 3. The van der Waals surface area contributed by atoms with Gasteiger partial charge >= 0.3 is 19.7 Å². The van der Waals surface area contributed by atoms with E-state index in [0.29, 0.717) is 17.4 Å². The Morgan fingerprint density at radius 2 is 1.49 bits per heavy atom. The summed E-state index contributed by atoms with van der Waals surface area (Å²) in [7, 11) is -6.19. The van der Waals surface area contributed by atoms with E-state index in [0.717, 1.165) is 25.7 Å². The van der Waals surface area contributed by atoms with Crippen LogP contribution in [0.15, 0.2) is 15.8 Å². The van der Waals surface area contributed by atoms with Crippen LogP contribution in [0.1, 0.15) is 96.1 Å². The monoisotopic (exact) mass is 720 g/mol. The summed E-state index contributed by atoms with van der Waals surface area (Å²) >= 11 is 0. The lowest BCUT2D eigenvalue weighted by atomic mass is 10.0. The molecule has 0 bridgehead atoms. The molecule has 1 aromatic rings. The normalized spacial score (nSPS) is 20.8. The second kappa shape index (κ2) is 20.3. The summed E-state index contributed by atoms with van der Waals surface area (Å²) in [6.45, 7) is 6.96. The molecule has 274 valence electrons. The minimum Gasteiger partial charge on any atom is -0.390 e. The number of ether oxygens (including phenoxy) is 2. The number of nitrogens with one attached hydrogen (secondary N) is 1. The van der Waals surface area contributed by atoms with Gasteiger partial charge in [0.1, 0.15) is 12.3 Å². The van der Waals surface area contributed by atoms with E-state index in [-0.39, 0.29) is 6.61 Å². The standard InChI is InChI=1S/C30H53F4N2O9PSi/c1-47(2,3)20-16-14-12-10-8-6-4-5-7-9-11-13-15-17-42-18-19-43-46(40,41)45-27(30(32,33)34)26-24(37)21-25(44-26)36-22-23(31)28(38)35-29(36)39/h22,24-27,37H,4-21H2,1-3H3,(H,40,41)(H,35,38,39)/t24-,25+,26-,27-/m0/s1. The number of hydrogen-bond acceptors (Lipinski definition) is 8. The molecule has 5 atom stereocenters. The highest BCUT2D eigenvalue weighted by atomic mass is 31.2. The highest BCUT2D eigenvalue weighted by Gasteiger charge is 2.55. The van der Waals surface area contributed by atoms with Crippen LogP contribution < -0.4 is 11.2 Å². The van der Waals surface area contributed by atoms with Crippen LogP contribution in [0.4, 0.5) is 17.6 Å². The van der Waals surface area contributed by atoms with Crippen LogP contribution in [-0.4, -0.2) is 71.9 Å². The molecule has 0 amide bonds. The minimum absolute atomic E-state index is 0.159. The number of H-pyrrole nitrogens is 1. The Bertz CT molecular complexity index is 1210. The Kier molecular flexibility index (Phi) is 18.1. The maximum Gasteiger partial charge on any atom is 0.472 e. The van der Waals surface area contributed by atoms with Crippen LogP contribution in [0.5, 0.6) is 0 Å². The van der Waals surface area contributed by atoms with Crippen molar-refractivity contribution >= 4 is 15.9 Å². The Morgan fingerprint density at radius 1 is 0.957 bits per heavy atom. The van der Waals surface area contributed by atoms with Crippen LogP contribution in [0.3, 0.4) is 0 Å². The third kappa shape index (κ3) is 16.7. The van der Waals surface area contributed by atoms with Crippen molar-refractivity contribution < 1.29 is 50.6 Å². The Balaban J connectivity index is 1.57. The minimum atomic E-state index is -5.30. The molecular formula is C30H53F4N2O9PSi. The number of aliphatic hydroxyl groups is 1. The van der Waals surface area contributed by atoms with Crippen LogP contribution in [0.2, 0.25) is 25.7 Å². The molecule has 1 unspecified atom stereocenters. The highest BCUT2D eigenvalue weighted by Crippen LogP contribution is 2.49. The van der Waals surface area contributed by atoms with E-state index < -0.39 is 76.7 Å². The van der Waals surface area contributed by atoms with Crippen molar-refractivity contribution in [1.29, 1.82) is 0 Å². The molecule has 2 rings (SSSR count). The van der Waals surface area contributed by atoms with E-state index in [2.05, 4.69) is 28.7 Å². The lowest BCUT2D eigenvalue weighted by Gasteiger charge is -2.28. The zero-order valence-electron chi connectivity index (χ0n) is 27.8. The topological polar surface area (TPSA) is 149 Å². The molecule has 1 aliphatic rings. The van der Waals surface area contributed by atoms with Gasteiger partial charge in [0.05, 0.1) is 25.5 Å². The van der Waals surface area contributed by atoms with Gasteiger partial charge in [0.25, 0.3) is 5.56 Å². The number of aliphatic hydroxyl groups excluding tert-OH is 1. The van der Waals surface area contributed by atoms with Crippen molar-refractivity contribution in [3.63, 3.8) is 0 Å². The number of halogens is 4. The van der Waals surface area contributed by atoms with Gasteiger partial charge in [-0.1, -0.05) is 103 Å². The van der Waals surface area contributed by atoms with E-state index >= 15 is 0 Å². The summed E-state index contributed by atoms with van der Waals surface area (Å²) in [4.78, 5) is 34.7. The first-order valence-corrected chi connectivity index (χ1v) is 21.8. The predicted octanol–water partition coefficient (Wildman–Crippen LogP) is 6.81. The van der Waals surface area contributed by atoms with Crippen molar-refractivity contribution in [3.8, 4) is 0 Å². The molecule has 3 N–H and O–H groups in total. The molecule has 1 aromatic heterocycles. The maximum absolute atomic E-state index is 13.8. The van der Waals surface area contributed by atoms with Crippen molar-refractivity contribution in [2.24, 2.45) is 0 Å². The summed E-state index contributed by atoms with van der Waals surface area (Å²) in [6.07, 6.45) is 1.24. The molecule has 1 aliphatic heterocycles. The molecule has 0 aliphatic carbocycles. The van der Waals surface area contributed by atoms with Crippen molar-refractivity contribution in [3.05, 3.63) is 32.9 Å². The van der Waals surface area contributed by atoms with Gasteiger partial charge in [-0.15, -0.1) is 0 Å². The van der Waals surface area contributed by atoms with Gasteiger partial charge in [-0.25, -0.2) is 9.36 Å². The Hall–Kier alpha value is -1.39. The first kappa shape index (κ1) is 41.8. The molecule has 0 aromatic carbocycles. The second-order valence-corrected chi connectivity index (χ2v) is 20.4. The molecule has 0 radical (unpaired) electrons. The van der Waals surface area contributed by atoms with Gasteiger partial charge in [-0.3, -0.25) is 23.4 Å². The third-order valence-corrected chi connectivity index (χ3v) is 10.8. The van der Waals surface area contributed by atoms with Crippen LogP contribution in [0.25, 0.3) is 0 Å². The number of aromatic nitrogens is 2. The number of phosphoric acid groups is 1. The average molecular weight is 721 g/mol. The van der Waals surface area contributed by atoms with Gasteiger partial charge in [0.2, 0.25) is 5.82 Å². The summed E-state index contributed by atoms with van der Waals surface area (Å²) in [6, 6.07) is 1.43. The summed E-state index contributed by atoms with van der Waals surface area (Å²) in [5, 5.41) is 10.2. The molecule has 1 fully saturated rings. The lowest BCUT2D eigenvalue weighted by molar-refractivity contribution is -0.240. The molecule has 17 heteroatoms. The van der Waals surface area contributed by atoms with E-state index in [1.165, 1.54) is 63.8 Å². The lowest BCUT2D eigenvalue weighted by Crippen LogP contribution is -2.46. The molecule has 0 saturated carbocycles. The van der Waals surface area contributed by atoms with Crippen LogP contribution in [0, 0.1) is 5.82 Å². The third-order valence-electron chi connectivity index (χ3n) is 7.94. The summed E-state index contributed by atoms with van der Waals surface area (Å²) < 4.78 is 87.2. The quantitative estimate of drug-likeness (QED) is 0.0453. The molecule has 11 nitrogen and oxygen atoms in total. The molecule has 1 saturated heterocycles. The number of nitrogens with zero attached hydrogens (tertiary/aromatic N) is 1. The fraction of sp³-hybridized carbons (Fsp3) is 0.867. The molecule has 47 heavy (non-hydrogen) atoms. The summed E-state index contributed by atoms with van der Waals surface area (Å²) in [5.41, 5.74) is -2.54. The largest absolute Gasteiger partial charge is 0.472 e. The second-order valence-electron chi connectivity index (χ2n) is 13.4. The Morgan fingerprint density at radius 3 is 2.02 bits per heavy atom. The highest BCUT2D eigenvalue weighted by molar-refractivity contribution is 7.47. The first-order chi connectivity index (χ1) is 22.0.